The summed E-state index contributed by atoms with van der Waals surface area (Å²) in [6.45, 7) is 1.54. The molecule has 0 fully saturated rings. The molecule has 0 unspecified atom stereocenters. The lowest BCUT2D eigenvalue weighted by Gasteiger charge is -2.13. The minimum absolute atomic E-state index is 0.0377. The molecule has 3 rings (SSSR count). The van der Waals surface area contributed by atoms with E-state index in [2.05, 4.69) is 15.1 Å². The number of sulfonamides is 1. The second-order valence-corrected chi connectivity index (χ2v) is 8.28. The molecule has 0 saturated heterocycles. The van der Waals surface area contributed by atoms with Crippen molar-refractivity contribution in [3.63, 3.8) is 0 Å². The van der Waals surface area contributed by atoms with Gasteiger partial charge in [-0.25, -0.2) is 28.2 Å². The number of benzene rings is 1. The molecule has 11 heteroatoms. The zero-order valence-corrected chi connectivity index (χ0v) is 15.7. The van der Waals surface area contributed by atoms with Crippen molar-refractivity contribution in [3.05, 3.63) is 48.2 Å². The van der Waals surface area contributed by atoms with Crippen molar-refractivity contribution >= 4 is 32.4 Å². The van der Waals surface area contributed by atoms with Crippen LogP contribution in [0.25, 0.3) is 5.69 Å². The number of anilines is 1. The number of amides is 1. The van der Waals surface area contributed by atoms with Crippen LogP contribution in [0.3, 0.4) is 0 Å². The molecule has 1 amide bonds. The number of thiazole rings is 1. The number of hydrogen-bond acceptors (Lipinski definition) is 7. The fourth-order valence-corrected chi connectivity index (χ4v) is 4.21. The molecule has 2 aromatic heterocycles. The van der Waals surface area contributed by atoms with Crippen LogP contribution in [-0.2, 0) is 21.2 Å². The summed E-state index contributed by atoms with van der Waals surface area (Å²) in [5.74, 6) is -0.215. The Labute approximate surface area is 154 Å². The Balaban J connectivity index is 1.73. The summed E-state index contributed by atoms with van der Waals surface area (Å²) in [5.41, 5.74) is 1.93. The van der Waals surface area contributed by atoms with Crippen molar-refractivity contribution in [2.24, 2.45) is 5.14 Å². The van der Waals surface area contributed by atoms with Crippen LogP contribution in [0.15, 0.2) is 41.1 Å². The number of hydrogen-bond donors (Lipinski definition) is 1. The predicted molar refractivity (Wildman–Crippen MR) is 96.7 cm³/mol. The van der Waals surface area contributed by atoms with Crippen molar-refractivity contribution in [2.75, 3.05) is 11.9 Å². The van der Waals surface area contributed by atoms with E-state index < -0.39 is 10.0 Å². The molecule has 136 valence electrons. The molecule has 2 N–H and O–H groups in total. The predicted octanol–water partition coefficient (Wildman–Crippen LogP) is 0.885. The zero-order valence-electron chi connectivity index (χ0n) is 14.0. The molecule has 0 spiro atoms. The molecule has 2 heterocycles. The van der Waals surface area contributed by atoms with Gasteiger partial charge >= 0.3 is 0 Å². The van der Waals surface area contributed by atoms with Crippen LogP contribution in [0, 0.1) is 6.92 Å². The maximum Gasteiger partial charge on any atom is 0.249 e. The van der Waals surface area contributed by atoms with Gasteiger partial charge < -0.3 is 0 Å². The van der Waals surface area contributed by atoms with Gasteiger partial charge in [-0.1, -0.05) is 23.5 Å². The van der Waals surface area contributed by atoms with Crippen LogP contribution in [0.5, 0.6) is 0 Å². The van der Waals surface area contributed by atoms with E-state index >= 15 is 0 Å². The summed E-state index contributed by atoms with van der Waals surface area (Å²) >= 11 is 0.877. The van der Waals surface area contributed by atoms with Gasteiger partial charge in [0.25, 0.3) is 0 Å². The highest BCUT2D eigenvalue weighted by Crippen LogP contribution is 2.28. The van der Waals surface area contributed by atoms with Crippen LogP contribution in [0.4, 0.5) is 5.13 Å². The first-order chi connectivity index (χ1) is 12.3. The standard InChI is InChI=1S/C15H16N6O3S2/c1-10-14(26(16,23)24)25-15(19-10)20(2)13(22)7-11-3-5-12(6-4-11)21-9-17-8-18-21/h3-6,8-9H,7H2,1-2H3,(H2,16,23,24). The highest BCUT2D eigenvalue weighted by atomic mass is 32.2. The Morgan fingerprint density at radius 2 is 2.00 bits per heavy atom. The molecule has 0 saturated carbocycles. The summed E-state index contributed by atoms with van der Waals surface area (Å²) in [5, 5.41) is 9.48. The van der Waals surface area contributed by atoms with Crippen LogP contribution in [-0.4, -0.2) is 41.1 Å². The normalized spacial score (nSPS) is 11.5. The molecule has 0 radical (unpaired) electrons. The highest BCUT2D eigenvalue weighted by Gasteiger charge is 2.22. The Morgan fingerprint density at radius 3 is 2.54 bits per heavy atom. The average Bonchev–Trinajstić information content (AvgIpc) is 3.24. The van der Waals surface area contributed by atoms with Gasteiger partial charge in [0.2, 0.25) is 15.9 Å². The molecule has 3 aromatic rings. The molecule has 0 bridgehead atoms. The number of carbonyl (C=O) groups excluding carboxylic acids is 1. The van der Waals surface area contributed by atoms with Gasteiger partial charge in [0.1, 0.15) is 12.7 Å². The highest BCUT2D eigenvalue weighted by molar-refractivity contribution is 7.91. The third kappa shape index (κ3) is 3.79. The van der Waals surface area contributed by atoms with E-state index in [-0.39, 0.29) is 27.4 Å². The van der Waals surface area contributed by atoms with E-state index in [1.54, 1.807) is 25.0 Å². The molecule has 0 aliphatic carbocycles. The van der Waals surface area contributed by atoms with Crippen LogP contribution in [0.1, 0.15) is 11.3 Å². The Hall–Kier alpha value is -2.63. The molecular formula is C15H16N6O3S2. The lowest BCUT2D eigenvalue weighted by atomic mass is 10.1. The van der Waals surface area contributed by atoms with Gasteiger partial charge in [-0.3, -0.25) is 9.69 Å². The molecule has 0 aliphatic rings. The van der Waals surface area contributed by atoms with Crippen molar-refractivity contribution < 1.29 is 13.2 Å². The summed E-state index contributed by atoms with van der Waals surface area (Å²) in [4.78, 5) is 21.8. The second-order valence-electron chi connectivity index (χ2n) is 5.55. The summed E-state index contributed by atoms with van der Waals surface area (Å²) in [6, 6.07) is 7.32. The van der Waals surface area contributed by atoms with E-state index in [4.69, 9.17) is 5.14 Å². The maximum absolute atomic E-state index is 12.5. The van der Waals surface area contributed by atoms with E-state index in [0.29, 0.717) is 0 Å². The van der Waals surface area contributed by atoms with E-state index in [9.17, 15) is 13.2 Å². The van der Waals surface area contributed by atoms with E-state index in [1.165, 1.54) is 11.2 Å². The van der Waals surface area contributed by atoms with Crippen LogP contribution in [0.2, 0.25) is 0 Å². The third-order valence-electron chi connectivity index (χ3n) is 3.64. The first-order valence-corrected chi connectivity index (χ1v) is 9.82. The van der Waals surface area contributed by atoms with Crippen LogP contribution >= 0.6 is 11.3 Å². The number of rotatable bonds is 5. The lowest BCUT2D eigenvalue weighted by Crippen LogP contribution is -2.27. The number of primary sulfonamides is 1. The topological polar surface area (TPSA) is 124 Å². The minimum atomic E-state index is -3.85. The minimum Gasteiger partial charge on any atom is -0.291 e. The second kappa shape index (κ2) is 6.94. The van der Waals surface area contributed by atoms with Gasteiger partial charge in [-0.15, -0.1) is 0 Å². The van der Waals surface area contributed by atoms with Gasteiger partial charge in [-0.2, -0.15) is 5.10 Å². The van der Waals surface area contributed by atoms with E-state index in [1.807, 2.05) is 24.3 Å². The van der Waals surface area contributed by atoms with Crippen LogP contribution < -0.4 is 10.0 Å². The number of nitrogens with two attached hydrogens (primary N) is 1. The van der Waals surface area contributed by atoms with Crippen molar-refractivity contribution in [1.82, 2.24) is 19.7 Å². The number of aryl methyl sites for hydroxylation is 1. The fraction of sp³-hybridized carbons (Fsp3) is 0.200. The van der Waals surface area contributed by atoms with Crippen molar-refractivity contribution in [2.45, 2.75) is 17.6 Å². The molecule has 0 atom stereocenters. The smallest absolute Gasteiger partial charge is 0.249 e. The maximum atomic E-state index is 12.5. The molecule has 1 aromatic carbocycles. The molecular weight excluding hydrogens is 376 g/mol. The molecule has 0 aliphatic heterocycles. The largest absolute Gasteiger partial charge is 0.291 e. The van der Waals surface area contributed by atoms with Gasteiger partial charge in [0.05, 0.1) is 17.8 Å². The lowest BCUT2D eigenvalue weighted by molar-refractivity contribution is -0.117. The molecule has 9 nitrogen and oxygen atoms in total. The average molecular weight is 392 g/mol. The molecule has 26 heavy (non-hydrogen) atoms. The fourth-order valence-electron chi connectivity index (χ4n) is 2.28. The number of nitrogens with zero attached hydrogens (tertiary/aromatic N) is 5. The number of carbonyl (C=O) groups is 1. The number of aromatic nitrogens is 4. The summed E-state index contributed by atoms with van der Waals surface area (Å²) in [7, 11) is -2.30. The monoisotopic (exact) mass is 392 g/mol. The first-order valence-electron chi connectivity index (χ1n) is 7.46. The van der Waals surface area contributed by atoms with Gasteiger partial charge in [0, 0.05) is 7.05 Å². The van der Waals surface area contributed by atoms with Gasteiger partial charge in [-0.05, 0) is 24.6 Å². The Morgan fingerprint density at radius 1 is 1.31 bits per heavy atom. The van der Waals surface area contributed by atoms with Crippen molar-refractivity contribution in [3.8, 4) is 5.69 Å². The summed E-state index contributed by atoms with van der Waals surface area (Å²) in [6.07, 6.45) is 3.18. The summed E-state index contributed by atoms with van der Waals surface area (Å²) < 4.78 is 24.6. The SMILES string of the molecule is Cc1nc(N(C)C(=O)Cc2ccc(-n3cncn3)cc2)sc1S(N)(=O)=O. The van der Waals surface area contributed by atoms with Crippen molar-refractivity contribution in [1.29, 1.82) is 0 Å². The zero-order chi connectivity index (χ0) is 18.9. The Kier molecular flexibility index (Phi) is 4.85. The Bertz CT molecular complexity index is 1030. The first kappa shape index (κ1) is 18.2. The number of likely N-dealkylation sites (N-methyl/N-ethyl adjacent to an activating group) is 1. The van der Waals surface area contributed by atoms with Gasteiger partial charge in [0.15, 0.2) is 9.34 Å². The quantitative estimate of drug-likeness (QED) is 0.687. The van der Waals surface area contributed by atoms with E-state index in [0.717, 1.165) is 22.6 Å². The third-order valence-corrected chi connectivity index (χ3v) is 6.42.